The number of hydrogen-bond acceptors (Lipinski definition) is 4. The maximum absolute atomic E-state index is 9.91. The molecule has 1 aliphatic heterocycles. The molecule has 1 aromatic carbocycles. The van der Waals surface area contributed by atoms with Crippen LogP contribution in [0.3, 0.4) is 0 Å². The van der Waals surface area contributed by atoms with Crippen molar-refractivity contribution in [1.82, 2.24) is 10.2 Å². The summed E-state index contributed by atoms with van der Waals surface area (Å²) in [6, 6.07) is 6.20. The van der Waals surface area contributed by atoms with Crippen LogP contribution in [0.25, 0.3) is 0 Å². The van der Waals surface area contributed by atoms with E-state index in [4.69, 9.17) is 4.74 Å². The number of piperazine rings is 1. The number of halogens is 2. The van der Waals surface area contributed by atoms with Crippen LogP contribution in [0.4, 0.5) is 0 Å². The molecule has 6 heteroatoms. The normalized spacial score (nSPS) is 17.5. The van der Waals surface area contributed by atoms with Gasteiger partial charge in [0.1, 0.15) is 0 Å². The van der Waals surface area contributed by atoms with Crippen LogP contribution in [-0.2, 0) is 0 Å². The Morgan fingerprint density at radius 2 is 1.87 bits per heavy atom. The maximum atomic E-state index is 9.91. The van der Waals surface area contributed by atoms with E-state index in [-0.39, 0.29) is 30.6 Å². The lowest BCUT2D eigenvalue weighted by atomic mass is 9.90. The highest BCUT2D eigenvalue weighted by atomic mass is 35.5. The maximum Gasteiger partial charge on any atom is 0.161 e. The highest BCUT2D eigenvalue weighted by Crippen LogP contribution is 2.36. The standard InChI is InChI=1S/C17H28N2O2.2ClH/c1-4-13(3)17(19-10-8-18-9-11-19)14-6-7-15(20)16(12-14)21-5-2;;/h6-7,12-13,17-18,20H,4-5,8-11H2,1-3H3;2*1H/t13?,17-;;/m0../s1. The molecule has 1 unspecified atom stereocenters. The van der Waals surface area contributed by atoms with Crippen molar-refractivity contribution < 1.29 is 9.84 Å². The number of benzene rings is 1. The number of phenolic OH excluding ortho intramolecular Hbond substituents is 1. The third kappa shape index (κ3) is 5.71. The van der Waals surface area contributed by atoms with Gasteiger partial charge in [0.25, 0.3) is 0 Å². The molecule has 0 spiro atoms. The Kier molecular flexibility index (Phi) is 10.7. The fourth-order valence-electron chi connectivity index (χ4n) is 3.07. The van der Waals surface area contributed by atoms with Gasteiger partial charge in [0.05, 0.1) is 6.61 Å². The first-order valence-corrected chi connectivity index (χ1v) is 8.07. The molecule has 23 heavy (non-hydrogen) atoms. The van der Waals surface area contributed by atoms with Gasteiger partial charge in [-0.1, -0.05) is 26.3 Å². The molecule has 2 atom stereocenters. The Bertz CT molecular complexity index is 454. The lowest BCUT2D eigenvalue weighted by Crippen LogP contribution is -2.46. The van der Waals surface area contributed by atoms with Crippen LogP contribution < -0.4 is 10.1 Å². The van der Waals surface area contributed by atoms with E-state index in [1.54, 1.807) is 6.07 Å². The van der Waals surface area contributed by atoms with Crippen LogP contribution in [0.2, 0.25) is 0 Å². The predicted octanol–water partition coefficient (Wildman–Crippen LogP) is 3.63. The van der Waals surface area contributed by atoms with Gasteiger partial charge in [-0.05, 0) is 30.5 Å². The third-order valence-electron chi connectivity index (χ3n) is 4.35. The summed E-state index contributed by atoms with van der Waals surface area (Å²) < 4.78 is 5.55. The average Bonchev–Trinajstić information content (AvgIpc) is 2.51. The highest BCUT2D eigenvalue weighted by Gasteiger charge is 2.27. The van der Waals surface area contributed by atoms with Crippen molar-refractivity contribution in [2.24, 2.45) is 5.92 Å². The van der Waals surface area contributed by atoms with Crippen molar-refractivity contribution >= 4 is 24.8 Å². The number of rotatable bonds is 6. The SMILES string of the molecule is CCOc1cc([C@H](C(C)CC)N2CCNCC2)ccc1O.Cl.Cl. The van der Waals surface area contributed by atoms with E-state index in [2.05, 4.69) is 24.1 Å². The van der Waals surface area contributed by atoms with Crippen LogP contribution in [0.5, 0.6) is 11.5 Å². The van der Waals surface area contributed by atoms with Crippen molar-refractivity contribution in [2.75, 3.05) is 32.8 Å². The molecule has 4 nitrogen and oxygen atoms in total. The van der Waals surface area contributed by atoms with Crippen molar-refractivity contribution in [3.63, 3.8) is 0 Å². The van der Waals surface area contributed by atoms with Gasteiger partial charge in [0.15, 0.2) is 11.5 Å². The second-order valence-electron chi connectivity index (χ2n) is 5.78. The number of hydrogen-bond donors (Lipinski definition) is 2. The Labute approximate surface area is 152 Å². The molecule has 1 fully saturated rings. The molecule has 134 valence electrons. The van der Waals surface area contributed by atoms with Crippen molar-refractivity contribution in [2.45, 2.75) is 33.2 Å². The van der Waals surface area contributed by atoms with Gasteiger partial charge in [-0.15, -0.1) is 24.8 Å². The topological polar surface area (TPSA) is 44.7 Å². The molecule has 0 bridgehead atoms. The van der Waals surface area contributed by atoms with Crippen molar-refractivity contribution in [1.29, 1.82) is 0 Å². The molecule has 0 saturated carbocycles. The summed E-state index contributed by atoms with van der Waals surface area (Å²) in [5.41, 5.74) is 1.24. The quantitative estimate of drug-likeness (QED) is 0.808. The number of ether oxygens (including phenoxy) is 1. The lowest BCUT2D eigenvalue weighted by molar-refractivity contribution is 0.128. The van der Waals surface area contributed by atoms with Gasteiger partial charge < -0.3 is 15.2 Å². The molecule has 1 saturated heterocycles. The molecule has 1 heterocycles. The second kappa shape index (κ2) is 11.0. The summed E-state index contributed by atoms with van der Waals surface area (Å²) in [6.07, 6.45) is 1.14. The Morgan fingerprint density at radius 3 is 2.43 bits per heavy atom. The zero-order chi connectivity index (χ0) is 15.2. The zero-order valence-corrected chi connectivity index (χ0v) is 15.9. The Morgan fingerprint density at radius 1 is 1.22 bits per heavy atom. The van der Waals surface area contributed by atoms with Crippen LogP contribution in [0.15, 0.2) is 18.2 Å². The molecule has 0 amide bonds. The van der Waals surface area contributed by atoms with Crippen molar-refractivity contribution in [3.05, 3.63) is 23.8 Å². The summed E-state index contributed by atoms with van der Waals surface area (Å²) in [5.74, 6) is 1.39. The van der Waals surface area contributed by atoms with Gasteiger partial charge in [0.2, 0.25) is 0 Å². The minimum atomic E-state index is 0. The highest BCUT2D eigenvalue weighted by molar-refractivity contribution is 5.85. The summed E-state index contributed by atoms with van der Waals surface area (Å²) in [4.78, 5) is 2.55. The van der Waals surface area contributed by atoms with Crippen LogP contribution >= 0.6 is 24.8 Å². The monoisotopic (exact) mass is 364 g/mol. The molecular weight excluding hydrogens is 335 g/mol. The smallest absolute Gasteiger partial charge is 0.161 e. The number of nitrogens with zero attached hydrogens (tertiary/aromatic N) is 1. The first-order chi connectivity index (χ1) is 10.2. The third-order valence-corrected chi connectivity index (χ3v) is 4.35. The summed E-state index contributed by atoms with van der Waals surface area (Å²) >= 11 is 0. The number of nitrogens with one attached hydrogen (secondary N) is 1. The van der Waals surface area contributed by atoms with Gasteiger partial charge in [-0.2, -0.15) is 0 Å². The summed E-state index contributed by atoms with van der Waals surface area (Å²) in [7, 11) is 0. The van der Waals surface area contributed by atoms with E-state index < -0.39 is 0 Å². The summed E-state index contributed by atoms with van der Waals surface area (Å²) in [5, 5.41) is 13.3. The first kappa shape index (κ1) is 22.3. The molecule has 0 radical (unpaired) electrons. The van der Waals surface area contributed by atoms with E-state index in [0.717, 1.165) is 32.6 Å². The number of aromatic hydroxyl groups is 1. The van der Waals surface area contributed by atoms with E-state index in [1.807, 2.05) is 19.1 Å². The van der Waals surface area contributed by atoms with E-state index >= 15 is 0 Å². The minimum absolute atomic E-state index is 0. The van der Waals surface area contributed by atoms with E-state index in [1.165, 1.54) is 5.56 Å². The zero-order valence-electron chi connectivity index (χ0n) is 14.2. The molecular formula is C17H30Cl2N2O2. The van der Waals surface area contributed by atoms with Gasteiger partial charge >= 0.3 is 0 Å². The van der Waals surface area contributed by atoms with Gasteiger partial charge in [0, 0.05) is 32.2 Å². The average molecular weight is 365 g/mol. The molecule has 0 aliphatic carbocycles. The number of phenols is 1. The van der Waals surface area contributed by atoms with E-state index in [0.29, 0.717) is 24.3 Å². The largest absolute Gasteiger partial charge is 0.504 e. The molecule has 2 rings (SSSR count). The van der Waals surface area contributed by atoms with Crippen LogP contribution in [0.1, 0.15) is 38.8 Å². The van der Waals surface area contributed by atoms with Gasteiger partial charge in [-0.3, -0.25) is 4.90 Å². The molecule has 1 aliphatic rings. The molecule has 2 N–H and O–H groups in total. The minimum Gasteiger partial charge on any atom is -0.504 e. The van der Waals surface area contributed by atoms with Crippen LogP contribution in [-0.4, -0.2) is 42.8 Å². The van der Waals surface area contributed by atoms with Gasteiger partial charge in [-0.25, -0.2) is 0 Å². The predicted molar refractivity (Wildman–Crippen MR) is 100 cm³/mol. The summed E-state index contributed by atoms with van der Waals surface area (Å²) in [6.45, 7) is 11.3. The fourth-order valence-corrected chi connectivity index (χ4v) is 3.07. The fraction of sp³-hybridized carbons (Fsp3) is 0.647. The molecule has 0 aromatic heterocycles. The van der Waals surface area contributed by atoms with Crippen molar-refractivity contribution in [3.8, 4) is 11.5 Å². The Balaban J connectivity index is 0.00000242. The Hall–Kier alpha value is -0.680. The lowest BCUT2D eigenvalue weighted by Gasteiger charge is -2.38. The first-order valence-electron chi connectivity index (χ1n) is 8.07. The second-order valence-corrected chi connectivity index (χ2v) is 5.78. The van der Waals surface area contributed by atoms with Crippen LogP contribution in [0, 0.1) is 5.92 Å². The molecule has 1 aromatic rings. The van der Waals surface area contributed by atoms with E-state index in [9.17, 15) is 5.11 Å².